The molecule has 2 N–H and O–H groups in total. The highest BCUT2D eigenvalue weighted by molar-refractivity contribution is 6.17. The van der Waals surface area contributed by atoms with Crippen LogP contribution in [-0.2, 0) is 25.0 Å². The number of hydrogen-bond donors (Lipinski definition) is 2. The number of aliphatic hydroxyl groups is 2. The van der Waals surface area contributed by atoms with Crippen molar-refractivity contribution in [3.05, 3.63) is 213 Å². The summed E-state index contributed by atoms with van der Waals surface area (Å²) in [5.74, 6) is 4.23. The van der Waals surface area contributed by atoms with Gasteiger partial charge in [-0.1, -0.05) is 154 Å². The van der Waals surface area contributed by atoms with E-state index >= 15 is 0 Å². The van der Waals surface area contributed by atoms with Crippen LogP contribution in [-0.4, -0.2) is 38.7 Å². The van der Waals surface area contributed by atoms with Gasteiger partial charge in [0.15, 0.2) is 0 Å². The first-order valence-electron chi connectivity index (χ1n) is 41.0. The molecule has 4 fully saturated rings. The summed E-state index contributed by atoms with van der Waals surface area (Å²) in [7, 11) is 6.39. The Morgan fingerprint density at radius 3 is 0.750 bits per heavy atom. The highest BCUT2D eigenvalue weighted by atomic mass is 35.5. The molecule has 96 heavy (non-hydrogen) atoms. The van der Waals surface area contributed by atoms with Gasteiger partial charge in [0.1, 0.15) is 46.3 Å². The Kier molecular flexibility index (Phi) is 21.2. The SMILES string of the molecule is COc1ccc(F)c(-c2ccc(CCl)cc2[C@@H]2CCCC2(C)C)c1.COc1ccc(F)c(-c2ccc(CCl)cc2[C@H]2CCCC2(C)C)c1.COc1ccc(F)c(-c2ccc(CO)cc2[C@@H]2CCCC2(C)C)c1.COc1ccc(F)c(-c2ccc(CO)cc2[C@H]2CCCC2(C)C)c1.[3H][3H].[3H][3H].[3H][3H].[3H][3H].[3H][3H].[3H][3H].[3H][3H]. The molecule has 0 radical (unpaired) electrons. The lowest BCUT2D eigenvalue weighted by molar-refractivity contribution is 0.281. The number of alkyl halides is 2. The minimum Gasteiger partial charge on any atom is -0.497 e. The first-order valence-corrected chi connectivity index (χ1v) is 35.1. The summed E-state index contributed by atoms with van der Waals surface area (Å²) in [5, 5.41) is 19.1. The standard InChI is InChI=1S/2C21H24ClFO.2C21H25FO2.7H2/c2*1-21(2)10-4-5-19(21)17-11-14(13-22)6-8-16(17)18-12-15(24-3)7-9-20(18)23;2*1-21(2)10-4-5-19(21)17-11-14(13-23)6-8-16(17)18-12-15(24-3)7-9-20(18)22;;;;;;;/h2*6-9,11-12,19H,4-5,10,13H2,1-3H3;2*6-9,11-12,19,23H,4-5,10,13H2,1-3H3;7*1H/t4*19-;;;;;;;/m1010......./s1/i;;;;7*1+2T. The molecular weight excluding hydrogens is 1250 g/mol. The maximum absolute atomic E-state index is 14.6. The third-order valence-corrected chi connectivity index (χ3v) is 22.1. The number of ether oxygens (including phenoxy) is 4. The van der Waals surface area contributed by atoms with E-state index in [1.165, 1.54) is 86.8 Å². The number of halogens is 6. The largest absolute Gasteiger partial charge is 0.497 e. The van der Waals surface area contributed by atoms with E-state index in [0.29, 0.717) is 80.7 Å². The topological polar surface area (TPSA) is 77.4 Å². The van der Waals surface area contributed by atoms with Gasteiger partial charge < -0.3 is 29.2 Å². The Balaban J connectivity index is 0.000000471. The van der Waals surface area contributed by atoms with Crippen LogP contribution < -0.4 is 18.9 Å². The van der Waals surface area contributed by atoms with Crippen LogP contribution in [0.1, 0.15) is 221 Å². The van der Waals surface area contributed by atoms with Crippen molar-refractivity contribution in [1.29, 1.82) is 0 Å². The van der Waals surface area contributed by atoms with Crippen LogP contribution in [0.25, 0.3) is 44.5 Å². The van der Waals surface area contributed by atoms with Crippen molar-refractivity contribution in [2.75, 3.05) is 28.4 Å². The van der Waals surface area contributed by atoms with E-state index in [1.54, 1.807) is 77.0 Å². The second-order valence-electron chi connectivity index (χ2n) is 29.4. The van der Waals surface area contributed by atoms with E-state index in [4.69, 9.17) is 62.9 Å². The van der Waals surface area contributed by atoms with Gasteiger partial charge in [-0.3, -0.25) is 0 Å². The van der Waals surface area contributed by atoms with E-state index in [-0.39, 0.29) is 58.1 Å². The van der Waals surface area contributed by atoms with Crippen molar-refractivity contribution >= 4 is 23.2 Å². The second kappa shape index (κ2) is 31.8. The molecule has 12 rings (SSSR count). The minimum atomic E-state index is -0.246. The summed E-state index contributed by atoms with van der Waals surface area (Å²) in [6.07, 6.45) is 14.0. The lowest BCUT2D eigenvalue weighted by Gasteiger charge is -2.30. The molecule has 0 bridgehead atoms. The van der Waals surface area contributed by atoms with E-state index in [1.807, 2.05) is 60.7 Å². The summed E-state index contributed by atoms with van der Waals surface area (Å²) < 4.78 is 149. The Hall–Kier alpha value is -6.82. The predicted octanol–water partition coefficient (Wildman–Crippen LogP) is 25.4. The molecular formula is C84H112Cl2F4O6. The average Bonchev–Trinajstić information content (AvgIpc) is 1.47. The molecule has 0 spiro atoms. The van der Waals surface area contributed by atoms with Gasteiger partial charge in [-0.05, 0) is 236 Å². The summed E-state index contributed by atoms with van der Waals surface area (Å²) in [5.41, 5.74) is 15.5. The molecule has 4 aliphatic rings. The van der Waals surface area contributed by atoms with Crippen molar-refractivity contribution in [2.24, 2.45) is 21.7 Å². The number of rotatable bonds is 16. The zero-order chi connectivity index (χ0) is 83.3. The van der Waals surface area contributed by atoms with Gasteiger partial charge in [-0.15, -0.1) is 23.2 Å². The number of methoxy groups -OCH3 is 4. The highest BCUT2D eigenvalue weighted by Gasteiger charge is 2.41. The molecule has 0 amide bonds. The summed E-state index contributed by atoms with van der Waals surface area (Å²) in [6, 6.07) is 43.6. The molecule has 4 aliphatic carbocycles. The number of benzene rings is 8. The molecule has 8 aromatic rings. The first kappa shape index (κ1) is 63.9. The van der Waals surface area contributed by atoms with Gasteiger partial charge in [-0.25, -0.2) is 17.6 Å². The first-order chi connectivity index (χ1) is 52.8. The third-order valence-electron chi connectivity index (χ3n) is 21.5. The normalized spacial score (nSPS) is 20.0. The van der Waals surface area contributed by atoms with Gasteiger partial charge >= 0.3 is 0 Å². The van der Waals surface area contributed by atoms with Gasteiger partial charge in [0.25, 0.3) is 0 Å². The fraction of sp³-hybridized carbons (Fsp3) is 0.429. The third kappa shape index (κ3) is 16.7. The van der Waals surface area contributed by atoms with E-state index in [0.717, 1.165) is 81.3 Å². The molecule has 0 heterocycles. The number of aliphatic hydroxyl groups excluding tert-OH is 2. The van der Waals surface area contributed by atoms with Gasteiger partial charge in [-0.2, -0.15) is 0 Å². The van der Waals surface area contributed by atoms with Crippen LogP contribution in [0.5, 0.6) is 23.0 Å². The zero-order valence-corrected chi connectivity index (χ0v) is 59.8. The average molecular weight is 1390 g/mol. The van der Waals surface area contributed by atoms with Crippen LogP contribution in [0.3, 0.4) is 0 Å². The lowest BCUT2D eigenvalue weighted by atomic mass is 9.75. The molecule has 0 aliphatic heterocycles. The molecule has 526 valence electrons. The van der Waals surface area contributed by atoms with Crippen LogP contribution in [0.4, 0.5) is 17.6 Å². The number of hydrogen-bond acceptors (Lipinski definition) is 6. The fourth-order valence-corrected chi connectivity index (χ4v) is 16.2. The predicted molar refractivity (Wildman–Crippen MR) is 401 cm³/mol. The molecule has 8 aromatic carbocycles. The summed E-state index contributed by atoms with van der Waals surface area (Å²) >= 11 is 12.1. The minimum absolute atomic E-state index is 0.00101. The fourth-order valence-electron chi connectivity index (χ4n) is 15.9. The van der Waals surface area contributed by atoms with E-state index < -0.39 is 0 Å². The summed E-state index contributed by atoms with van der Waals surface area (Å²) in [4.78, 5) is 0. The van der Waals surface area contributed by atoms with Crippen LogP contribution in [0.15, 0.2) is 146 Å². The molecule has 0 aromatic heterocycles. The Labute approximate surface area is 600 Å². The van der Waals surface area contributed by atoms with Crippen molar-refractivity contribution in [1.82, 2.24) is 0 Å². The van der Waals surface area contributed by atoms with Crippen LogP contribution in [0, 0.1) is 44.9 Å². The Morgan fingerprint density at radius 1 is 0.344 bits per heavy atom. The molecule has 12 heteroatoms. The van der Waals surface area contributed by atoms with Gasteiger partial charge in [0.2, 0.25) is 0 Å². The van der Waals surface area contributed by atoms with Crippen LogP contribution in [0.2, 0.25) is 0 Å². The quantitative estimate of drug-likeness (QED) is 0.0741. The maximum atomic E-state index is 14.6. The van der Waals surface area contributed by atoms with Gasteiger partial charge in [0, 0.05) is 54.8 Å². The molecule has 6 nitrogen and oxygen atoms in total. The highest BCUT2D eigenvalue weighted by Crippen LogP contribution is 2.56. The van der Waals surface area contributed by atoms with Crippen molar-refractivity contribution in [2.45, 2.75) is 181 Å². The smallest absolute Gasteiger partial charge is 0.131 e. The zero-order valence-electron chi connectivity index (χ0n) is 72.3. The van der Waals surface area contributed by atoms with Crippen LogP contribution >= 0.6 is 23.2 Å². The van der Waals surface area contributed by atoms with E-state index in [2.05, 4.69) is 67.5 Å². The van der Waals surface area contributed by atoms with Gasteiger partial charge in [0.05, 0.1) is 41.7 Å². The van der Waals surface area contributed by atoms with E-state index in [9.17, 15) is 27.8 Å². The van der Waals surface area contributed by atoms with Crippen molar-refractivity contribution in [3.63, 3.8) is 0 Å². The van der Waals surface area contributed by atoms with Crippen molar-refractivity contribution < 1.29 is 67.5 Å². The molecule has 0 unspecified atom stereocenters. The molecule has 4 saturated carbocycles. The lowest BCUT2D eigenvalue weighted by Crippen LogP contribution is -2.16. The second-order valence-corrected chi connectivity index (χ2v) is 29.9. The maximum Gasteiger partial charge on any atom is 0.131 e. The van der Waals surface area contributed by atoms with Crippen molar-refractivity contribution in [3.8, 4) is 67.5 Å². The summed E-state index contributed by atoms with van der Waals surface area (Å²) in [6.45, 7) is 18.4. The Bertz CT molecular complexity index is 3520. The monoisotopic (exact) mass is 1390 g/mol. The molecule has 0 saturated heterocycles. The molecule has 4 atom stereocenters. The Morgan fingerprint density at radius 2 is 0.562 bits per heavy atom.